The Morgan fingerprint density at radius 1 is 0.755 bits per heavy atom. The number of anilines is 2. The van der Waals surface area contributed by atoms with Gasteiger partial charge in [0.25, 0.3) is 0 Å². The molecule has 0 unspecified atom stereocenters. The molecule has 9 nitrogen and oxygen atoms in total. The quantitative estimate of drug-likeness (QED) is 0.0682. The van der Waals surface area contributed by atoms with E-state index in [0.717, 1.165) is 85.1 Å². The molecule has 2 heterocycles. The van der Waals surface area contributed by atoms with Crippen molar-refractivity contribution in [3.8, 4) is 11.1 Å². The lowest BCUT2D eigenvalue weighted by Crippen LogP contribution is -2.41. The average Bonchev–Trinajstić information content (AvgIpc) is 3.20. The molecule has 0 aliphatic carbocycles. The van der Waals surface area contributed by atoms with Crippen LogP contribution in [0.25, 0.3) is 11.1 Å². The van der Waals surface area contributed by atoms with E-state index >= 15 is 0 Å². The predicted octanol–water partition coefficient (Wildman–Crippen LogP) is 8.05. The molecule has 2 aliphatic heterocycles. The molecular weight excluding hydrogens is 665 g/mol. The predicted molar refractivity (Wildman–Crippen MR) is 210 cm³/mol. The fraction of sp³-hybridized carbons (Fsp3) is 0.409. The summed E-state index contributed by atoms with van der Waals surface area (Å²) < 4.78 is 13.2. The van der Waals surface area contributed by atoms with Crippen molar-refractivity contribution in [2.24, 2.45) is 0 Å². The normalized spacial score (nSPS) is 19.1. The van der Waals surface area contributed by atoms with Gasteiger partial charge in [-0.3, -0.25) is 9.59 Å². The number of rotatable bonds is 16. The van der Waals surface area contributed by atoms with Crippen LogP contribution in [-0.4, -0.2) is 47.6 Å². The van der Waals surface area contributed by atoms with Crippen LogP contribution in [0.1, 0.15) is 98.9 Å². The summed E-state index contributed by atoms with van der Waals surface area (Å²) in [4.78, 5) is 27.5. The molecule has 0 saturated carbocycles. The number of benzene rings is 4. The van der Waals surface area contributed by atoms with Crippen LogP contribution in [0, 0.1) is 0 Å². The Morgan fingerprint density at radius 2 is 1.43 bits per heavy atom. The third kappa shape index (κ3) is 11.2. The largest absolute Gasteiger partial charge is 0.397 e. The number of para-hydroxylation sites is 2. The SMILES string of the molecule is Nc1ccccc1NC(=O)CCCCCCC(=O)NCc1ccccc1-c1ccc([C@H]2O[C@@H](CN3CCCCC3)C[C@@H](c3ccc(CO)cc3)O2)cc1. The zero-order valence-corrected chi connectivity index (χ0v) is 30.7. The Labute approximate surface area is 313 Å². The molecule has 2 amide bonds. The van der Waals surface area contributed by atoms with Gasteiger partial charge < -0.3 is 35.8 Å². The van der Waals surface area contributed by atoms with Crippen molar-refractivity contribution >= 4 is 23.2 Å². The topological polar surface area (TPSA) is 126 Å². The van der Waals surface area contributed by atoms with E-state index in [1.165, 1.54) is 19.3 Å². The molecule has 280 valence electrons. The van der Waals surface area contributed by atoms with Crippen molar-refractivity contribution in [1.29, 1.82) is 0 Å². The van der Waals surface area contributed by atoms with E-state index < -0.39 is 6.29 Å². The molecule has 4 aromatic rings. The molecule has 5 N–H and O–H groups in total. The second kappa shape index (κ2) is 19.5. The molecule has 3 atom stereocenters. The van der Waals surface area contributed by atoms with Gasteiger partial charge in [-0.15, -0.1) is 0 Å². The number of ether oxygens (including phenoxy) is 2. The highest BCUT2D eigenvalue weighted by molar-refractivity contribution is 5.93. The molecule has 0 aromatic heterocycles. The lowest BCUT2D eigenvalue weighted by Gasteiger charge is -2.39. The van der Waals surface area contributed by atoms with Crippen molar-refractivity contribution in [2.45, 2.75) is 95.9 Å². The molecule has 4 aromatic carbocycles. The number of nitrogens with two attached hydrogens (primary N) is 1. The molecule has 0 spiro atoms. The first-order chi connectivity index (χ1) is 25.9. The number of aliphatic hydroxyl groups is 1. The van der Waals surface area contributed by atoms with Crippen LogP contribution in [-0.2, 0) is 32.2 Å². The van der Waals surface area contributed by atoms with Crippen LogP contribution in [0.5, 0.6) is 0 Å². The van der Waals surface area contributed by atoms with E-state index in [2.05, 4.69) is 64.1 Å². The van der Waals surface area contributed by atoms with E-state index in [0.29, 0.717) is 30.8 Å². The number of nitrogen functional groups attached to an aromatic ring is 1. The van der Waals surface area contributed by atoms with Crippen LogP contribution in [0.15, 0.2) is 97.1 Å². The molecule has 0 bridgehead atoms. The second-order valence-electron chi connectivity index (χ2n) is 14.3. The molecule has 2 aliphatic rings. The van der Waals surface area contributed by atoms with E-state index in [4.69, 9.17) is 15.2 Å². The van der Waals surface area contributed by atoms with Gasteiger partial charge in [0.15, 0.2) is 6.29 Å². The van der Waals surface area contributed by atoms with Gasteiger partial charge >= 0.3 is 0 Å². The van der Waals surface area contributed by atoms with E-state index in [1.807, 2.05) is 36.4 Å². The Kier molecular flexibility index (Phi) is 14.1. The highest BCUT2D eigenvalue weighted by atomic mass is 16.7. The van der Waals surface area contributed by atoms with Crippen molar-refractivity contribution in [3.05, 3.63) is 119 Å². The minimum atomic E-state index is -0.490. The minimum Gasteiger partial charge on any atom is -0.397 e. The number of piperidine rings is 1. The fourth-order valence-electron chi connectivity index (χ4n) is 7.27. The Morgan fingerprint density at radius 3 is 2.17 bits per heavy atom. The van der Waals surface area contributed by atoms with Crippen LogP contribution in [0.4, 0.5) is 11.4 Å². The summed E-state index contributed by atoms with van der Waals surface area (Å²) in [6.07, 6.45) is 8.22. The lowest BCUT2D eigenvalue weighted by atomic mass is 9.97. The summed E-state index contributed by atoms with van der Waals surface area (Å²) in [5.41, 5.74) is 13.3. The summed E-state index contributed by atoms with van der Waals surface area (Å²) in [7, 11) is 0. The number of hydrogen-bond acceptors (Lipinski definition) is 7. The number of amides is 2. The third-order valence-corrected chi connectivity index (χ3v) is 10.3. The van der Waals surface area contributed by atoms with Gasteiger partial charge in [0, 0.05) is 37.9 Å². The maximum absolute atomic E-state index is 12.7. The smallest absolute Gasteiger partial charge is 0.224 e. The summed E-state index contributed by atoms with van der Waals surface area (Å²) in [6, 6.07) is 31.9. The molecule has 0 radical (unpaired) electrons. The third-order valence-electron chi connectivity index (χ3n) is 10.3. The number of aliphatic hydroxyl groups excluding tert-OH is 1. The van der Waals surface area contributed by atoms with E-state index in [1.54, 1.807) is 12.1 Å². The van der Waals surface area contributed by atoms with Gasteiger partial charge in [0.05, 0.1) is 30.2 Å². The molecule has 9 heteroatoms. The maximum atomic E-state index is 12.7. The molecule has 53 heavy (non-hydrogen) atoms. The maximum Gasteiger partial charge on any atom is 0.224 e. The van der Waals surface area contributed by atoms with Crippen molar-refractivity contribution < 1.29 is 24.2 Å². The number of likely N-dealkylation sites (tertiary alicyclic amines) is 1. The fourth-order valence-corrected chi connectivity index (χ4v) is 7.27. The molecular formula is C44H54N4O5. The van der Waals surface area contributed by atoms with Gasteiger partial charge in [0.2, 0.25) is 11.8 Å². The molecule has 2 saturated heterocycles. The number of nitrogens with zero attached hydrogens (tertiary/aromatic N) is 1. The van der Waals surface area contributed by atoms with Crippen LogP contribution in [0.2, 0.25) is 0 Å². The summed E-state index contributed by atoms with van der Waals surface area (Å²) in [6.45, 7) is 3.59. The standard InChI is InChI=1S/C44H54N4O5/c45-39-14-8-9-15-40(39)47-43(51)17-5-2-1-4-16-42(50)46-29-36-12-6-7-13-38(36)33-22-24-35(25-23-33)44-52-37(30-48-26-10-3-11-27-48)28-41(53-44)34-20-18-32(31-49)19-21-34/h6-9,12-15,18-25,37,41,44,49H,1-5,10-11,16-17,26-31,45H2,(H,46,50)(H,47,51)/t37-,41+,44+/m1/s1. The first kappa shape index (κ1) is 38.2. The van der Waals surface area contributed by atoms with Gasteiger partial charge in [-0.2, -0.15) is 0 Å². The van der Waals surface area contributed by atoms with Gasteiger partial charge in [-0.25, -0.2) is 0 Å². The number of unbranched alkanes of at least 4 members (excludes halogenated alkanes) is 3. The van der Waals surface area contributed by atoms with Gasteiger partial charge in [-0.05, 0) is 78.7 Å². The second-order valence-corrected chi connectivity index (χ2v) is 14.3. The van der Waals surface area contributed by atoms with Crippen LogP contribution in [0.3, 0.4) is 0 Å². The average molecular weight is 719 g/mol. The zero-order valence-electron chi connectivity index (χ0n) is 30.7. The molecule has 2 fully saturated rings. The number of carbonyl (C=O) groups is 2. The Bertz CT molecular complexity index is 1760. The summed E-state index contributed by atoms with van der Waals surface area (Å²) in [5.74, 6) is -0.0182. The van der Waals surface area contributed by atoms with Gasteiger partial charge in [-0.1, -0.05) is 104 Å². The van der Waals surface area contributed by atoms with E-state index in [9.17, 15) is 14.7 Å². The van der Waals surface area contributed by atoms with Crippen molar-refractivity contribution in [1.82, 2.24) is 10.2 Å². The minimum absolute atomic E-state index is 0.0218. The Balaban J connectivity index is 0.996. The summed E-state index contributed by atoms with van der Waals surface area (Å²) in [5, 5.41) is 15.5. The number of nitrogens with one attached hydrogen (secondary N) is 2. The van der Waals surface area contributed by atoms with E-state index in [-0.39, 0.29) is 30.6 Å². The summed E-state index contributed by atoms with van der Waals surface area (Å²) >= 11 is 0. The van der Waals surface area contributed by atoms with Gasteiger partial charge in [0.1, 0.15) is 0 Å². The molecule has 6 rings (SSSR count). The van der Waals surface area contributed by atoms with Crippen LogP contribution < -0.4 is 16.4 Å². The highest BCUT2D eigenvalue weighted by Crippen LogP contribution is 2.39. The first-order valence-corrected chi connectivity index (χ1v) is 19.3. The van der Waals surface area contributed by atoms with Crippen LogP contribution >= 0.6 is 0 Å². The first-order valence-electron chi connectivity index (χ1n) is 19.3. The Hall–Kier alpha value is -4.54. The highest BCUT2D eigenvalue weighted by Gasteiger charge is 2.33. The van der Waals surface area contributed by atoms with Crippen molar-refractivity contribution in [2.75, 3.05) is 30.7 Å². The number of carbonyl (C=O) groups excluding carboxylic acids is 2. The monoisotopic (exact) mass is 718 g/mol. The zero-order chi connectivity index (χ0) is 36.8. The van der Waals surface area contributed by atoms with Crippen molar-refractivity contribution in [3.63, 3.8) is 0 Å². The lowest BCUT2D eigenvalue weighted by molar-refractivity contribution is -0.253. The number of hydrogen-bond donors (Lipinski definition) is 4.